The van der Waals surface area contributed by atoms with Crippen LogP contribution in [0.4, 0.5) is 0 Å². The highest BCUT2D eigenvalue weighted by atomic mass is 16.2. The molecule has 2 heteroatoms. The first-order valence-electron chi connectivity index (χ1n) is 4.49. The number of hydrogen-bond donors (Lipinski definition) is 1. The van der Waals surface area contributed by atoms with E-state index in [0.717, 1.165) is 12.3 Å². The van der Waals surface area contributed by atoms with Gasteiger partial charge in [-0.15, -0.1) is 0 Å². The average Bonchev–Trinajstić information content (AvgIpc) is 2.76. The minimum absolute atomic E-state index is 0.298. The number of carbonyl (C=O) groups excluding carboxylic acids is 1. The molecule has 0 aromatic rings. The van der Waals surface area contributed by atoms with Crippen molar-refractivity contribution in [3.05, 3.63) is 0 Å². The molecule has 4 unspecified atom stereocenters. The minimum Gasteiger partial charge on any atom is -0.353 e. The number of nitrogens with one attached hydrogen (secondary N) is 1. The van der Waals surface area contributed by atoms with Crippen molar-refractivity contribution in [2.24, 2.45) is 17.8 Å². The molecule has 1 N–H and O–H groups in total. The summed E-state index contributed by atoms with van der Waals surface area (Å²) in [6, 6.07) is 0.510. The molecule has 2 aliphatic carbocycles. The lowest BCUT2D eigenvalue weighted by Crippen LogP contribution is -2.28. The predicted octanol–water partition coefficient (Wildman–Crippen LogP) is 1.17. The van der Waals surface area contributed by atoms with Gasteiger partial charge in [0.15, 0.2) is 0 Å². The maximum Gasteiger partial charge on any atom is 0.223 e. The molecule has 2 nitrogen and oxygen atoms in total. The second-order valence-corrected chi connectivity index (χ2v) is 4.15. The highest BCUT2D eigenvalue weighted by molar-refractivity contribution is 5.82. The van der Waals surface area contributed by atoms with Crippen LogP contribution in [0.1, 0.15) is 26.7 Å². The fourth-order valence-corrected chi connectivity index (χ4v) is 1.50. The van der Waals surface area contributed by atoms with Crippen molar-refractivity contribution in [1.82, 2.24) is 5.32 Å². The third-order valence-corrected chi connectivity index (χ3v) is 2.88. The topological polar surface area (TPSA) is 29.1 Å². The van der Waals surface area contributed by atoms with E-state index in [0.29, 0.717) is 23.8 Å². The Labute approximate surface area is 67.4 Å². The normalized spacial score (nSPS) is 46.7. The number of carbonyl (C=O) groups is 1. The fourth-order valence-electron chi connectivity index (χ4n) is 1.50. The first kappa shape index (κ1) is 7.14. The zero-order valence-electron chi connectivity index (χ0n) is 7.13. The lowest BCUT2D eigenvalue weighted by Gasteiger charge is -2.00. The molecule has 2 aliphatic rings. The van der Waals surface area contributed by atoms with Gasteiger partial charge >= 0.3 is 0 Å². The van der Waals surface area contributed by atoms with E-state index in [4.69, 9.17) is 0 Å². The van der Waals surface area contributed by atoms with Gasteiger partial charge in [-0.05, 0) is 24.7 Å². The molecule has 0 aliphatic heterocycles. The van der Waals surface area contributed by atoms with Crippen LogP contribution in [-0.2, 0) is 4.79 Å². The minimum atomic E-state index is 0.298. The summed E-state index contributed by atoms with van der Waals surface area (Å²) < 4.78 is 0. The summed E-state index contributed by atoms with van der Waals surface area (Å²) in [6.45, 7) is 4.32. The van der Waals surface area contributed by atoms with Gasteiger partial charge in [-0.1, -0.05) is 13.8 Å². The van der Waals surface area contributed by atoms with Crippen LogP contribution in [0.2, 0.25) is 0 Å². The zero-order valence-corrected chi connectivity index (χ0v) is 7.13. The summed E-state index contributed by atoms with van der Waals surface area (Å²) in [5.41, 5.74) is 0. The summed E-state index contributed by atoms with van der Waals surface area (Å²) in [7, 11) is 0. The van der Waals surface area contributed by atoms with E-state index in [1.165, 1.54) is 6.42 Å². The lowest BCUT2D eigenvalue weighted by atomic mass is 10.3. The molecule has 0 aromatic heterocycles. The molecule has 0 aromatic carbocycles. The highest BCUT2D eigenvalue weighted by Crippen LogP contribution is 2.39. The molecule has 0 radical (unpaired) electrons. The Kier molecular flexibility index (Phi) is 1.44. The summed E-state index contributed by atoms with van der Waals surface area (Å²) >= 11 is 0. The molecule has 1 amide bonds. The summed E-state index contributed by atoms with van der Waals surface area (Å²) in [5.74, 6) is 2.02. The molecule has 62 valence electrons. The van der Waals surface area contributed by atoms with Crippen molar-refractivity contribution >= 4 is 5.91 Å². The second-order valence-electron chi connectivity index (χ2n) is 4.15. The molecule has 0 bridgehead atoms. The highest BCUT2D eigenvalue weighted by Gasteiger charge is 2.42. The first-order chi connectivity index (χ1) is 5.18. The van der Waals surface area contributed by atoms with Gasteiger partial charge in [-0.2, -0.15) is 0 Å². The van der Waals surface area contributed by atoms with E-state index in [1.54, 1.807) is 0 Å². The van der Waals surface area contributed by atoms with Crippen LogP contribution in [0.25, 0.3) is 0 Å². The van der Waals surface area contributed by atoms with Crippen LogP contribution in [0.15, 0.2) is 0 Å². The van der Waals surface area contributed by atoms with Gasteiger partial charge in [-0.3, -0.25) is 4.79 Å². The van der Waals surface area contributed by atoms with E-state index < -0.39 is 0 Å². The molecular formula is C9H15NO. The molecule has 0 saturated heterocycles. The third-order valence-electron chi connectivity index (χ3n) is 2.88. The molecule has 0 heterocycles. The van der Waals surface area contributed by atoms with Gasteiger partial charge in [0.1, 0.15) is 0 Å². The SMILES string of the molecule is CC1CC1NC(=O)C1CC1C. The molecule has 2 fully saturated rings. The largest absolute Gasteiger partial charge is 0.353 e. The van der Waals surface area contributed by atoms with Gasteiger partial charge in [0.25, 0.3) is 0 Å². The Bertz CT molecular complexity index is 190. The Morgan fingerprint density at radius 3 is 2.18 bits per heavy atom. The van der Waals surface area contributed by atoms with Crippen LogP contribution in [0.3, 0.4) is 0 Å². The standard InChI is InChI=1S/C9H15NO/c1-5-3-7(5)9(11)10-8-4-6(8)2/h5-8H,3-4H2,1-2H3,(H,10,11). The van der Waals surface area contributed by atoms with Crippen LogP contribution >= 0.6 is 0 Å². The lowest BCUT2D eigenvalue weighted by molar-refractivity contribution is -0.122. The first-order valence-corrected chi connectivity index (χ1v) is 4.49. The van der Waals surface area contributed by atoms with Crippen molar-refractivity contribution < 1.29 is 4.79 Å². The zero-order chi connectivity index (χ0) is 8.01. The monoisotopic (exact) mass is 153 g/mol. The molecule has 0 spiro atoms. The summed E-state index contributed by atoms with van der Waals surface area (Å²) in [5, 5.41) is 3.06. The Morgan fingerprint density at radius 2 is 1.82 bits per heavy atom. The number of amides is 1. The van der Waals surface area contributed by atoms with Crippen molar-refractivity contribution in [3.63, 3.8) is 0 Å². The molecule has 2 saturated carbocycles. The van der Waals surface area contributed by atoms with Crippen LogP contribution in [0, 0.1) is 17.8 Å². The van der Waals surface area contributed by atoms with Gasteiger partial charge in [0.2, 0.25) is 5.91 Å². The van der Waals surface area contributed by atoms with Crippen LogP contribution < -0.4 is 5.32 Å². The van der Waals surface area contributed by atoms with E-state index in [1.807, 2.05) is 0 Å². The number of hydrogen-bond acceptors (Lipinski definition) is 1. The maximum atomic E-state index is 11.3. The summed E-state index contributed by atoms with van der Waals surface area (Å²) in [4.78, 5) is 11.3. The Balaban J connectivity index is 1.74. The van der Waals surface area contributed by atoms with Crippen molar-refractivity contribution in [1.29, 1.82) is 0 Å². The van der Waals surface area contributed by atoms with Crippen molar-refractivity contribution in [2.75, 3.05) is 0 Å². The van der Waals surface area contributed by atoms with Crippen molar-refractivity contribution in [2.45, 2.75) is 32.7 Å². The van der Waals surface area contributed by atoms with E-state index in [2.05, 4.69) is 19.2 Å². The van der Waals surface area contributed by atoms with Crippen LogP contribution in [-0.4, -0.2) is 11.9 Å². The molecule has 4 atom stereocenters. The summed E-state index contributed by atoms with van der Waals surface area (Å²) in [6.07, 6.45) is 2.29. The third kappa shape index (κ3) is 1.39. The molecule has 11 heavy (non-hydrogen) atoms. The van der Waals surface area contributed by atoms with Crippen molar-refractivity contribution in [3.8, 4) is 0 Å². The van der Waals surface area contributed by atoms with E-state index in [-0.39, 0.29) is 0 Å². The van der Waals surface area contributed by atoms with Gasteiger partial charge in [0, 0.05) is 12.0 Å². The number of rotatable bonds is 2. The quantitative estimate of drug-likeness (QED) is 0.634. The fraction of sp³-hybridized carbons (Fsp3) is 0.889. The maximum absolute atomic E-state index is 11.3. The van der Waals surface area contributed by atoms with E-state index >= 15 is 0 Å². The van der Waals surface area contributed by atoms with Crippen LogP contribution in [0.5, 0.6) is 0 Å². The molecular weight excluding hydrogens is 138 g/mol. The van der Waals surface area contributed by atoms with Gasteiger partial charge in [-0.25, -0.2) is 0 Å². The smallest absolute Gasteiger partial charge is 0.223 e. The van der Waals surface area contributed by atoms with E-state index in [9.17, 15) is 4.79 Å². The van der Waals surface area contributed by atoms with Gasteiger partial charge < -0.3 is 5.32 Å². The Hall–Kier alpha value is -0.530. The van der Waals surface area contributed by atoms with Gasteiger partial charge in [0.05, 0.1) is 0 Å². The second kappa shape index (κ2) is 2.23. The predicted molar refractivity (Wildman–Crippen MR) is 43.0 cm³/mol. The average molecular weight is 153 g/mol. The Morgan fingerprint density at radius 1 is 1.27 bits per heavy atom. The molecule has 2 rings (SSSR count).